The molecule has 0 aliphatic rings. The van der Waals surface area contributed by atoms with Crippen LogP contribution in [0.3, 0.4) is 0 Å². The van der Waals surface area contributed by atoms with Crippen molar-refractivity contribution in [1.82, 2.24) is 0 Å². The fourth-order valence-corrected chi connectivity index (χ4v) is 1.79. The molecular formula is C14H16N2O. The van der Waals surface area contributed by atoms with E-state index in [1.807, 2.05) is 42.5 Å². The molecule has 0 aromatic heterocycles. The van der Waals surface area contributed by atoms with Gasteiger partial charge in [0.25, 0.3) is 0 Å². The topological polar surface area (TPSA) is 72.3 Å². The first-order valence-corrected chi connectivity index (χ1v) is 5.56. The second kappa shape index (κ2) is 4.99. The lowest BCUT2D eigenvalue weighted by molar-refractivity contribution is 0.462. The van der Waals surface area contributed by atoms with Gasteiger partial charge in [0.2, 0.25) is 0 Å². The zero-order valence-electron chi connectivity index (χ0n) is 9.51. The third kappa shape index (κ3) is 2.46. The summed E-state index contributed by atoms with van der Waals surface area (Å²) in [5.74, 6) is 0.197. The summed E-state index contributed by atoms with van der Waals surface area (Å²) >= 11 is 0. The van der Waals surface area contributed by atoms with E-state index in [-0.39, 0.29) is 11.8 Å². The van der Waals surface area contributed by atoms with Crippen LogP contribution in [0.4, 0.5) is 0 Å². The van der Waals surface area contributed by atoms with E-state index in [2.05, 4.69) is 0 Å². The van der Waals surface area contributed by atoms with E-state index in [0.29, 0.717) is 12.1 Å². The van der Waals surface area contributed by atoms with Crippen LogP contribution in [0, 0.1) is 0 Å². The molecule has 0 saturated carbocycles. The Morgan fingerprint density at radius 3 is 2.35 bits per heavy atom. The van der Waals surface area contributed by atoms with Crippen LogP contribution in [-0.2, 0) is 0 Å². The van der Waals surface area contributed by atoms with Gasteiger partial charge in [0.15, 0.2) is 0 Å². The SMILES string of the molecule is NC[C@@H](N)c1cc(-c2ccccc2)ccc1O. The fraction of sp³-hybridized carbons (Fsp3) is 0.143. The molecule has 0 heterocycles. The van der Waals surface area contributed by atoms with Crippen molar-refractivity contribution in [3.05, 3.63) is 54.1 Å². The standard InChI is InChI=1S/C14H16N2O/c15-9-13(16)12-8-11(6-7-14(12)17)10-4-2-1-3-5-10/h1-8,13,17H,9,15-16H2/t13-/m1/s1. The molecule has 5 N–H and O–H groups in total. The number of hydrogen-bond acceptors (Lipinski definition) is 3. The molecule has 3 heteroatoms. The summed E-state index contributed by atoms with van der Waals surface area (Å²) in [5, 5.41) is 9.75. The minimum absolute atomic E-state index is 0.197. The van der Waals surface area contributed by atoms with Gasteiger partial charge >= 0.3 is 0 Å². The average Bonchev–Trinajstić information content (AvgIpc) is 2.39. The van der Waals surface area contributed by atoms with Crippen LogP contribution in [0.1, 0.15) is 11.6 Å². The van der Waals surface area contributed by atoms with Crippen molar-refractivity contribution < 1.29 is 5.11 Å². The van der Waals surface area contributed by atoms with Crippen LogP contribution >= 0.6 is 0 Å². The summed E-state index contributed by atoms with van der Waals surface area (Å²) in [6.07, 6.45) is 0. The van der Waals surface area contributed by atoms with E-state index >= 15 is 0 Å². The molecule has 2 aromatic rings. The number of phenols is 1. The van der Waals surface area contributed by atoms with Gasteiger partial charge in [0.05, 0.1) is 0 Å². The summed E-state index contributed by atoms with van der Waals surface area (Å²) in [6.45, 7) is 0.311. The Kier molecular flexibility index (Phi) is 3.42. The highest BCUT2D eigenvalue weighted by atomic mass is 16.3. The zero-order valence-corrected chi connectivity index (χ0v) is 9.51. The van der Waals surface area contributed by atoms with Crippen molar-refractivity contribution in [1.29, 1.82) is 0 Å². The number of hydrogen-bond donors (Lipinski definition) is 3. The van der Waals surface area contributed by atoms with E-state index in [0.717, 1.165) is 11.1 Å². The Hall–Kier alpha value is -1.84. The van der Waals surface area contributed by atoms with Crippen molar-refractivity contribution in [2.45, 2.75) is 6.04 Å². The molecule has 88 valence electrons. The normalized spacial score (nSPS) is 12.4. The van der Waals surface area contributed by atoms with E-state index in [1.54, 1.807) is 6.07 Å². The Balaban J connectivity index is 2.44. The first-order valence-electron chi connectivity index (χ1n) is 5.56. The van der Waals surface area contributed by atoms with Gasteiger partial charge in [0.1, 0.15) is 5.75 Å². The summed E-state index contributed by atoms with van der Waals surface area (Å²) < 4.78 is 0. The molecule has 17 heavy (non-hydrogen) atoms. The minimum Gasteiger partial charge on any atom is -0.508 e. The van der Waals surface area contributed by atoms with Crippen molar-refractivity contribution in [2.24, 2.45) is 11.5 Å². The fourth-order valence-electron chi connectivity index (χ4n) is 1.79. The average molecular weight is 228 g/mol. The van der Waals surface area contributed by atoms with Gasteiger partial charge in [0, 0.05) is 18.2 Å². The van der Waals surface area contributed by atoms with Crippen LogP contribution in [0.2, 0.25) is 0 Å². The predicted octanol–water partition coefficient (Wildman–Crippen LogP) is 2.02. The van der Waals surface area contributed by atoms with Crippen LogP contribution < -0.4 is 11.5 Å². The molecule has 0 amide bonds. The van der Waals surface area contributed by atoms with Gasteiger partial charge in [-0.05, 0) is 23.3 Å². The first-order chi connectivity index (χ1) is 8.22. The van der Waals surface area contributed by atoms with E-state index in [9.17, 15) is 5.11 Å². The van der Waals surface area contributed by atoms with E-state index in [4.69, 9.17) is 11.5 Å². The van der Waals surface area contributed by atoms with Gasteiger partial charge < -0.3 is 16.6 Å². The van der Waals surface area contributed by atoms with Crippen LogP contribution in [-0.4, -0.2) is 11.7 Å². The molecule has 2 rings (SSSR count). The molecule has 0 saturated heterocycles. The number of nitrogens with two attached hydrogens (primary N) is 2. The number of rotatable bonds is 3. The Bertz CT molecular complexity index is 497. The Morgan fingerprint density at radius 2 is 1.71 bits per heavy atom. The van der Waals surface area contributed by atoms with Crippen molar-refractivity contribution >= 4 is 0 Å². The highest BCUT2D eigenvalue weighted by Crippen LogP contribution is 2.28. The Labute approximate surface area is 101 Å². The number of aromatic hydroxyl groups is 1. The lowest BCUT2D eigenvalue weighted by Gasteiger charge is -2.13. The molecular weight excluding hydrogens is 212 g/mol. The summed E-state index contributed by atoms with van der Waals surface area (Å²) in [6, 6.07) is 15.0. The van der Waals surface area contributed by atoms with Crippen molar-refractivity contribution in [3.63, 3.8) is 0 Å². The van der Waals surface area contributed by atoms with E-state index < -0.39 is 0 Å². The maximum absolute atomic E-state index is 9.75. The second-order valence-corrected chi connectivity index (χ2v) is 3.98. The maximum atomic E-state index is 9.75. The third-order valence-corrected chi connectivity index (χ3v) is 2.79. The largest absolute Gasteiger partial charge is 0.508 e. The first kappa shape index (κ1) is 11.6. The highest BCUT2D eigenvalue weighted by Gasteiger charge is 2.10. The molecule has 0 aliphatic carbocycles. The van der Waals surface area contributed by atoms with Gasteiger partial charge in [-0.25, -0.2) is 0 Å². The third-order valence-electron chi connectivity index (χ3n) is 2.79. The lowest BCUT2D eigenvalue weighted by atomic mass is 9.99. The van der Waals surface area contributed by atoms with Crippen molar-refractivity contribution in [3.8, 4) is 16.9 Å². The van der Waals surface area contributed by atoms with Crippen LogP contribution in [0.15, 0.2) is 48.5 Å². The molecule has 3 nitrogen and oxygen atoms in total. The number of phenolic OH excluding ortho intramolecular Hbond substituents is 1. The Morgan fingerprint density at radius 1 is 1.00 bits per heavy atom. The quantitative estimate of drug-likeness (QED) is 0.752. The summed E-state index contributed by atoms with van der Waals surface area (Å²) in [4.78, 5) is 0. The van der Waals surface area contributed by atoms with Gasteiger partial charge in [-0.3, -0.25) is 0 Å². The molecule has 0 aliphatic heterocycles. The van der Waals surface area contributed by atoms with Crippen LogP contribution in [0.5, 0.6) is 5.75 Å². The lowest BCUT2D eigenvalue weighted by Crippen LogP contribution is -2.20. The summed E-state index contributed by atoms with van der Waals surface area (Å²) in [5.41, 5.74) is 14.2. The maximum Gasteiger partial charge on any atom is 0.120 e. The van der Waals surface area contributed by atoms with Gasteiger partial charge in [-0.15, -0.1) is 0 Å². The summed E-state index contributed by atoms with van der Waals surface area (Å²) in [7, 11) is 0. The monoisotopic (exact) mass is 228 g/mol. The van der Waals surface area contributed by atoms with Crippen molar-refractivity contribution in [2.75, 3.05) is 6.54 Å². The zero-order chi connectivity index (χ0) is 12.3. The predicted molar refractivity (Wildman–Crippen MR) is 69.5 cm³/mol. The molecule has 0 radical (unpaired) electrons. The molecule has 0 unspecified atom stereocenters. The molecule has 1 atom stereocenters. The molecule has 0 spiro atoms. The van der Waals surface area contributed by atoms with Gasteiger partial charge in [-0.1, -0.05) is 36.4 Å². The second-order valence-electron chi connectivity index (χ2n) is 3.98. The number of benzene rings is 2. The molecule has 2 aromatic carbocycles. The van der Waals surface area contributed by atoms with Crippen LogP contribution in [0.25, 0.3) is 11.1 Å². The minimum atomic E-state index is -0.335. The smallest absolute Gasteiger partial charge is 0.120 e. The molecule has 0 bridgehead atoms. The van der Waals surface area contributed by atoms with Gasteiger partial charge in [-0.2, -0.15) is 0 Å². The highest BCUT2D eigenvalue weighted by molar-refractivity contribution is 5.65. The van der Waals surface area contributed by atoms with E-state index in [1.165, 1.54) is 0 Å². The molecule has 0 fully saturated rings.